The van der Waals surface area contributed by atoms with E-state index in [0.29, 0.717) is 19.1 Å². The molecule has 2 aliphatic rings. The Morgan fingerprint density at radius 3 is 2.70 bits per heavy atom. The van der Waals surface area contributed by atoms with Crippen molar-refractivity contribution in [3.8, 4) is 0 Å². The predicted octanol–water partition coefficient (Wildman–Crippen LogP) is 0.549. The highest BCUT2D eigenvalue weighted by Crippen LogP contribution is 2.16. The molecule has 0 aliphatic carbocycles. The molecule has 9 nitrogen and oxygen atoms in total. The standard InChI is InChI=1S/C21H37N7O2/c1-22-20(28-10-5-19(17-28)18-30-16-15-29-2)23-8-4-9-26-11-13-27(14-12-26)21-24-6-3-7-25-21/h3,6-7,19H,4-5,8-18H2,1-2H3,(H,22,23). The van der Waals surface area contributed by atoms with Gasteiger partial charge in [-0.2, -0.15) is 0 Å². The SMILES string of the molecule is CN=C(NCCCN1CCN(c2ncccn2)CC1)N1CCC(COCCOC)C1. The molecule has 30 heavy (non-hydrogen) atoms. The van der Waals surface area contributed by atoms with Crippen LogP contribution in [0, 0.1) is 5.92 Å². The molecule has 3 rings (SSSR count). The van der Waals surface area contributed by atoms with Crippen molar-refractivity contribution in [3.63, 3.8) is 0 Å². The fourth-order valence-corrected chi connectivity index (χ4v) is 4.01. The van der Waals surface area contributed by atoms with Gasteiger partial charge in [0.05, 0.1) is 19.8 Å². The molecule has 0 bridgehead atoms. The minimum Gasteiger partial charge on any atom is -0.382 e. The van der Waals surface area contributed by atoms with Gasteiger partial charge in [0.1, 0.15) is 0 Å². The van der Waals surface area contributed by atoms with Crippen LogP contribution in [0.5, 0.6) is 0 Å². The lowest BCUT2D eigenvalue weighted by Crippen LogP contribution is -2.47. The number of methoxy groups -OCH3 is 1. The Kier molecular flexibility index (Phi) is 9.59. The quantitative estimate of drug-likeness (QED) is 0.335. The summed E-state index contributed by atoms with van der Waals surface area (Å²) in [5, 5.41) is 3.54. The van der Waals surface area contributed by atoms with Crippen LogP contribution in [0.2, 0.25) is 0 Å². The highest BCUT2D eigenvalue weighted by Gasteiger charge is 2.25. The summed E-state index contributed by atoms with van der Waals surface area (Å²) in [5.74, 6) is 2.43. The zero-order chi connectivity index (χ0) is 21.0. The number of nitrogens with zero attached hydrogens (tertiary/aromatic N) is 6. The van der Waals surface area contributed by atoms with Crippen LogP contribution in [0.3, 0.4) is 0 Å². The summed E-state index contributed by atoms with van der Waals surface area (Å²) >= 11 is 0. The Hall–Kier alpha value is -1.97. The molecule has 2 aliphatic heterocycles. The number of aliphatic imine (C=N–C) groups is 1. The molecule has 0 saturated carbocycles. The molecule has 0 spiro atoms. The smallest absolute Gasteiger partial charge is 0.225 e. The normalized spacial score (nSPS) is 20.7. The maximum Gasteiger partial charge on any atom is 0.225 e. The second kappa shape index (κ2) is 12.7. The third kappa shape index (κ3) is 7.07. The first kappa shape index (κ1) is 22.7. The van der Waals surface area contributed by atoms with Crippen LogP contribution >= 0.6 is 0 Å². The Morgan fingerprint density at radius 1 is 1.17 bits per heavy atom. The number of nitrogens with one attached hydrogen (secondary N) is 1. The van der Waals surface area contributed by atoms with Gasteiger partial charge in [-0.25, -0.2) is 9.97 Å². The van der Waals surface area contributed by atoms with E-state index >= 15 is 0 Å². The van der Waals surface area contributed by atoms with Crippen molar-refractivity contribution < 1.29 is 9.47 Å². The van der Waals surface area contributed by atoms with E-state index in [1.165, 1.54) is 0 Å². The Morgan fingerprint density at radius 2 is 1.97 bits per heavy atom. The van der Waals surface area contributed by atoms with Crippen LogP contribution < -0.4 is 10.2 Å². The molecule has 168 valence electrons. The Bertz CT molecular complexity index is 623. The van der Waals surface area contributed by atoms with Gasteiger partial charge in [-0.3, -0.25) is 9.89 Å². The van der Waals surface area contributed by atoms with Crippen molar-refractivity contribution in [2.75, 3.05) is 91.2 Å². The van der Waals surface area contributed by atoms with Crippen LogP contribution in [-0.4, -0.2) is 112 Å². The van der Waals surface area contributed by atoms with Crippen molar-refractivity contribution in [1.29, 1.82) is 0 Å². The van der Waals surface area contributed by atoms with Crippen molar-refractivity contribution in [2.24, 2.45) is 10.9 Å². The largest absolute Gasteiger partial charge is 0.382 e. The molecule has 0 aromatic carbocycles. The fraction of sp³-hybridized carbons (Fsp3) is 0.762. The molecular weight excluding hydrogens is 382 g/mol. The van der Waals surface area contributed by atoms with E-state index in [1.807, 2.05) is 25.5 Å². The molecule has 2 fully saturated rings. The first-order chi connectivity index (χ1) is 14.8. The number of hydrogen-bond donors (Lipinski definition) is 1. The van der Waals surface area contributed by atoms with Gasteiger partial charge >= 0.3 is 0 Å². The Balaban J connectivity index is 1.28. The molecule has 9 heteroatoms. The van der Waals surface area contributed by atoms with Crippen LogP contribution in [0.15, 0.2) is 23.5 Å². The summed E-state index contributed by atoms with van der Waals surface area (Å²) in [6.45, 7) is 10.3. The summed E-state index contributed by atoms with van der Waals surface area (Å²) < 4.78 is 10.7. The number of hydrogen-bond acceptors (Lipinski definition) is 7. The maximum atomic E-state index is 5.69. The van der Waals surface area contributed by atoms with E-state index in [0.717, 1.165) is 83.7 Å². The molecule has 1 aromatic rings. The Labute approximate surface area is 180 Å². The average Bonchev–Trinajstić information content (AvgIpc) is 3.26. The molecule has 3 heterocycles. The van der Waals surface area contributed by atoms with Gasteiger partial charge < -0.3 is 24.6 Å². The van der Waals surface area contributed by atoms with Gasteiger partial charge in [0, 0.05) is 78.3 Å². The first-order valence-electron chi connectivity index (χ1n) is 11.1. The fourth-order valence-electron chi connectivity index (χ4n) is 4.01. The minimum atomic E-state index is 0.574. The van der Waals surface area contributed by atoms with Gasteiger partial charge in [-0.05, 0) is 25.5 Å². The zero-order valence-corrected chi connectivity index (χ0v) is 18.5. The molecule has 0 amide bonds. The minimum absolute atomic E-state index is 0.574. The predicted molar refractivity (Wildman–Crippen MR) is 119 cm³/mol. The van der Waals surface area contributed by atoms with E-state index in [4.69, 9.17) is 9.47 Å². The lowest BCUT2D eigenvalue weighted by Gasteiger charge is -2.34. The van der Waals surface area contributed by atoms with E-state index in [-0.39, 0.29) is 0 Å². The van der Waals surface area contributed by atoms with Gasteiger partial charge in [-0.15, -0.1) is 0 Å². The van der Waals surface area contributed by atoms with Crippen LogP contribution in [0.1, 0.15) is 12.8 Å². The van der Waals surface area contributed by atoms with E-state index in [9.17, 15) is 0 Å². The van der Waals surface area contributed by atoms with Crippen LogP contribution in [0.25, 0.3) is 0 Å². The molecule has 2 saturated heterocycles. The van der Waals surface area contributed by atoms with Gasteiger partial charge in [0.15, 0.2) is 5.96 Å². The topological polar surface area (TPSA) is 78.4 Å². The van der Waals surface area contributed by atoms with Crippen LogP contribution in [-0.2, 0) is 9.47 Å². The number of aromatic nitrogens is 2. The highest BCUT2D eigenvalue weighted by molar-refractivity contribution is 5.80. The number of anilines is 1. The number of guanidine groups is 1. The summed E-state index contributed by atoms with van der Waals surface area (Å²) in [4.78, 5) is 20.3. The lowest BCUT2D eigenvalue weighted by atomic mass is 10.1. The number of piperazine rings is 1. The maximum absolute atomic E-state index is 5.69. The average molecular weight is 420 g/mol. The second-order valence-corrected chi connectivity index (χ2v) is 7.87. The third-order valence-electron chi connectivity index (χ3n) is 5.72. The van der Waals surface area contributed by atoms with Crippen molar-refractivity contribution in [1.82, 2.24) is 25.1 Å². The molecule has 1 unspecified atom stereocenters. The van der Waals surface area contributed by atoms with E-state index < -0.39 is 0 Å². The first-order valence-corrected chi connectivity index (χ1v) is 11.1. The summed E-state index contributed by atoms with van der Waals surface area (Å²) in [7, 11) is 3.57. The van der Waals surface area contributed by atoms with Crippen molar-refractivity contribution in [3.05, 3.63) is 18.5 Å². The van der Waals surface area contributed by atoms with Crippen molar-refractivity contribution in [2.45, 2.75) is 12.8 Å². The van der Waals surface area contributed by atoms with Gasteiger partial charge in [0.2, 0.25) is 5.95 Å². The zero-order valence-electron chi connectivity index (χ0n) is 18.5. The molecular formula is C21H37N7O2. The lowest BCUT2D eigenvalue weighted by molar-refractivity contribution is 0.0536. The summed E-state index contributed by atoms with van der Waals surface area (Å²) in [5.41, 5.74) is 0. The number of likely N-dealkylation sites (tertiary alicyclic amines) is 1. The number of rotatable bonds is 10. The van der Waals surface area contributed by atoms with Crippen molar-refractivity contribution >= 4 is 11.9 Å². The van der Waals surface area contributed by atoms with Gasteiger partial charge in [-0.1, -0.05) is 0 Å². The second-order valence-electron chi connectivity index (χ2n) is 7.87. The number of ether oxygens (including phenoxy) is 2. The summed E-state index contributed by atoms with van der Waals surface area (Å²) in [6.07, 6.45) is 5.88. The van der Waals surface area contributed by atoms with E-state index in [2.05, 4.69) is 35.0 Å². The molecule has 1 atom stereocenters. The highest BCUT2D eigenvalue weighted by atomic mass is 16.5. The van der Waals surface area contributed by atoms with Crippen LogP contribution in [0.4, 0.5) is 5.95 Å². The van der Waals surface area contributed by atoms with E-state index in [1.54, 1.807) is 7.11 Å². The molecule has 0 radical (unpaired) electrons. The molecule has 1 aromatic heterocycles. The third-order valence-corrected chi connectivity index (χ3v) is 5.72. The summed E-state index contributed by atoms with van der Waals surface area (Å²) in [6, 6.07) is 1.86. The molecule has 1 N–H and O–H groups in total. The monoisotopic (exact) mass is 419 g/mol. The van der Waals surface area contributed by atoms with Gasteiger partial charge in [0.25, 0.3) is 0 Å².